The molecule has 38 heavy (non-hydrogen) atoms. The number of carboxylic acids is 2. The highest BCUT2D eigenvalue weighted by atomic mass is 16.4. The average Bonchev–Trinajstić information content (AvgIpc) is 2.86. The van der Waals surface area contributed by atoms with Crippen molar-refractivity contribution in [2.45, 2.75) is 25.8 Å². The first-order valence-corrected chi connectivity index (χ1v) is 11.5. The molecule has 0 aliphatic carbocycles. The Kier molecular flexibility index (Phi) is 9.14. The Labute approximate surface area is 217 Å². The minimum absolute atomic E-state index is 0.0199. The van der Waals surface area contributed by atoms with Crippen LogP contribution in [0.3, 0.4) is 0 Å². The summed E-state index contributed by atoms with van der Waals surface area (Å²) in [5, 5.41) is 28.5. The number of hydrogen-bond donors (Lipinski definition) is 6. The third-order valence-electron chi connectivity index (χ3n) is 5.40. The molecule has 11 nitrogen and oxygen atoms in total. The molecule has 0 radical (unpaired) electrons. The molecule has 3 aromatic rings. The van der Waals surface area contributed by atoms with Gasteiger partial charge in [-0.25, -0.2) is 9.59 Å². The van der Waals surface area contributed by atoms with Crippen LogP contribution in [-0.4, -0.2) is 46.0 Å². The van der Waals surface area contributed by atoms with E-state index in [0.29, 0.717) is 16.9 Å². The summed E-state index contributed by atoms with van der Waals surface area (Å²) in [7, 11) is 0. The van der Waals surface area contributed by atoms with Gasteiger partial charge in [0, 0.05) is 17.1 Å². The number of hydrogen-bond acceptors (Lipinski definition) is 5. The van der Waals surface area contributed by atoms with Gasteiger partial charge in [-0.05, 0) is 60.5 Å². The Morgan fingerprint density at radius 2 is 1.37 bits per heavy atom. The van der Waals surface area contributed by atoms with Crippen LogP contribution in [0.15, 0.2) is 72.8 Å². The SMILES string of the molecule is Cc1ccccc1NC(=O)Nc1ccc(CC(=O)N[C@@H](CC(=O)O)C(=O)Nc2ccc(C(=O)O)cc2)cc1. The normalized spacial score (nSPS) is 11.1. The van der Waals surface area contributed by atoms with E-state index in [2.05, 4.69) is 21.3 Å². The molecule has 0 spiro atoms. The summed E-state index contributed by atoms with van der Waals surface area (Å²) in [6, 6.07) is 17.3. The van der Waals surface area contributed by atoms with Crippen LogP contribution in [-0.2, 0) is 20.8 Å². The Morgan fingerprint density at radius 1 is 0.763 bits per heavy atom. The summed E-state index contributed by atoms with van der Waals surface area (Å²) in [6.45, 7) is 1.87. The van der Waals surface area contributed by atoms with Crippen molar-refractivity contribution in [1.82, 2.24) is 5.32 Å². The summed E-state index contributed by atoms with van der Waals surface area (Å²) in [5.41, 5.74) is 2.93. The van der Waals surface area contributed by atoms with Gasteiger partial charge in [0.25, 0.3) is 0 Å². The van der Waals surface area contributed by atoms with E-state index in [1.165, 1.54) is 24.3 Å². The molecule has 0 saturated heterocycles. The summed E-state index contributed by atoms with van der Waals surface area (Å²) in [4.78, 5) is 59.6. The van der Waals surface area contributed by atoms with E-state index >= 15 is 0 Å². The van der Waals surface area contributed by atoms with Crippen LogP contribution >= 0.6 is 0 Å². The molecule has 0 fully saturated rings. The summed E-state index contributed by atoms with van der Waals surface area (Å²) < 4.78 is 0. The predicted octanol–water partition coefficient (Wildman–Crippen LogP) is 3.48. The molecule has 0 saturated carbocycles. The van der Waals surface area contributed by atoms with Crippen molar-refractivity contribution in [1.29, 1.82) is 0 Å². The number of anilines is 3. The largest absolute Gasteiger partial charge is 0.481 e. The highest BCUT2D eigenvalue weighted by molar-refractivity contribution is 6.01. The monoisotopic (exact) mass is 518 g/mol. The van der Waals surface area contributed by atoms with E-state index in [0.717, 1.165) is 5.56 Å². The maximum atomic E-state index is 12.6. The second kappa shape index (κ2) is 12.7. The maximum Gasteiger partial charge on any atom is 0.335 e. The molecule has 0 unspecified atom stereocenters. The van der Waals surface area contributed by atoms with E-state index in [1.807, 2.05) is 25.1 Å². The zero-order chi connectivity index (χ0) is 27.7. The highest BCUT2D eigenvalue weighted by Gasteiger charge is 2.24. The Balaban J connectivity index is 1.56. The van der Waals surface area contributed by atoms with Gasteiger partial charge >= 0.3 is 18.0 Å². The number of aromatic carboxylic acids is 1. The number of para-hydroxylation sites is 1. The van der Waals surface area contributed by atoms with Crippen LogP contribution in [0.4, 0.5) is 21.9 Å². The molecular formula is C27H26N4O7. The van der Waals surface area contributed by atoms with Gasteiger partial charge in [0.1, 0.15) is 6.04 Å². The molecule has 0 heterocycles. The fourth-order valence-electron chi connectivity index (χ4n) is 3.44. The van der Waals surface area contributed by atoms with Crippen molar-refractivity contribution in [3.8, 4) is 0 Å². The molecular weight excluding hydrogens is 492 g/mol. The van der Waals surface area contributed by atoms with Gasteiger partial charge in [-0.2, -0.15) is 0 Å². The first-order valence-electron chi connectivity index (χ1n) is 11.5. The topological polar surface area (TPSA) is 174 Å². The number of urea groups is 1. The first kappa shape index (κ1) is 27.4. The lowest BCUT2D eigenvalue weighted by atomic mass is 10.1. The molecule has 0 aliphatic heterocycles. The fourth-order valence-corrected chi connectivity index (χ4v) is 3.44. The molecule has 4 amide bonds. The number of carbonyl (C=O) groups is 5. The van der Waals surface area contributed by atoms with E-state index in [-0.39, 0.29) is 17.7 Å². The van der Waals surface area contributed by atoms with Crippen molar-refractivity contribution >= 4 is 46.8 Å². The lowest BCUT2D eigenvalue weighted by molar-refractivity contribution is -0.139. The summed E-state index contributed by atoms with van der Waals surface area (Å²) in [5.74, 6) is -3.76. The minimum atomic E-state index is -1.36. The standard InChI is InChI=1S/C27H26N4O7/c1-16-4-2-3-5-21(16)31-27(38)29-20-10-6-17(7-11-20)14-23(32)30-22(15-24(33)34)25(35)28-19-12-8-18(9-13-19)26(36)37/h2-13,22H,14-15H2,1H3,(H,28,35)(H,30,32)(H,33,34)(H,36,37)(H2,29,31,38)/t22-/m0/s1. The average molecular weight is 519 g/mol. The molecule has 1 atom stereocenters. The zero-order valence-corrected chi connectivity index (χ0v) is 20.4. The molecule has 196 valence electrons. The van der Waals surface area contributed by atoms with Gasteiger partial charge in [0.15, 0.2) is 0 Å². The zero-order valence-electron chi connectivity index (χ0n) is 20.4. The van der Waals surface area contributed by atoms with E-state index in [4.69, 9.17) is 5.11 Å². The number of rotatable bonds is 10. The Bertz CT molecular complexity index is 1340. The van der Waals surface area contributed by atoms with Crippen molar-refractivity contribution in [2.75, 3.05) is 16.0 Å². The molecule has 0 aliphatic rings. The smallest absolute Gasteiger partial charge is 0.335 e. The number of aliphatic carboxylic acids is 1. The number of carbonyl (C=O) groups excluding carboxylic acids is 3. The van der Waals surface area contributed by atoms with Crippen molar-refractivity contribution in [3.63, 3.8) is 0 Å². The summed E-state index contributed by atoms with van der Waals surface area (Å²) in [6.07, 6.45) is -0.782. The van der Waals surface area contributed by atoms with Crippen molar-refractivity contribution in [2.24, 2.45) is 0 Å². The van der Waals surface area contributed by atoms with Crippen molar-refractivity contribution < 1.29 is 34.2 Å². The van der Waals surface area contributed by atoms with Crippen LogP contribution in [0.25, 0.3) is 0 Å². The van der Waals surface area contributed by atoms with Crippen LogP contribution in [0.2, 0.25) is 0 Å². The fraction of sp³-hybridized carbons (Fsp3) is 0.148. The third-order valence-corrected chi connectivity index (χ3v) is 5.40. The van der Waals surface area contributed by atoms with Gasteiger partial charge in [-0.1, -0.05) is 30.3 Å². The number of amides is 4. The van der Waals surface area contributed by atoms with Gasteiger partial charge in [0.2, 0.25) is 11.8 Å². The quantitative estimate of drug-likeness (QED) is 0.238. The van der Waals surface area contributed by atoms with Crippen LogP contribution < -0.4 is 21.3 Å². The molecule has 6 N–H and O–H groups in total. The molecule has 11 heteroatoms. The number of benzene rings is 3. The second-order valence-electron chi connectivity index (χ2n) is 8.36. The number of nitrogens with one attached hydrogen (secondary N) is 4. The number of carboxylic acid groups (broad SMARTS) is 2. The van der Waals surface area contributed by atoms with Crippen LogP contribution in [0.1, 0.15) is 27.9 Å². The van der Waals surface area contributed by atoms with E-state index in [9.17, 15) is 29.1 Å². The Morgan fingerprint density at radius 3 is 1.97 bits per heavy atom. The minimum Gasteiger partial charge on any atom is -0.481 e. The van der Waals surface area contributed by atoms with E-state index in [1.54, 1.807) is 30.3 Å². The van der Waals surface area contributed by atoms with Gasteiger partial charge < -0.3 is 31.5 Å². The second-order valence-corrected chi connectivity index (χ2v) is 8.36. The molecule has 3 aromatic carbocycles. The molecule has 0 aromatic heterocycles. The lowest BCUT2D eigenvalue weighted by Crippen LogP contribution is -2.45. The predicted molar refractivity (Wildman–Crippen MR) is 140 cm³/mol. The maximum absolute atomic E-state index is 12.6. The Hall–Kier alpha value is -5.19. The van der Waals surface area contributed by atoms with Gasteiger partial charge in [-0.3, -0.25) is 14.4 Å². The van der Waals surface area contributed by atoms with Crippen LogP contribution in [0.5, 0.6) is 0 Å². The highest BCUT2D eigenvalue weighted by Crippen LogP contribution is 2.15. The molecule has 3 rings (SSSR count). The summed E-state index contributed by atoms with van der Waals surface area (Å²) >= 11 is 0. The third kappa shape index (κ3) is 8.19. The lowest BCUT2D eigenvalue weighted by Gasteiger charge is -2.17. The molecule has 0 bridgehead atoms. The van der Waals surface area contributed by atoms with E-state index < -0.39 is 42.2 Å². The van der Waals surface area contributed by atoms with Gasteiger partial charge in [-0.15, -0.1) is 0 Å². The first-order chi connectivity index (χ1) is 18.1. The van der Waals surface area contributed by atoms with Gasteiger partial charge in [0.05, 0.1) is 18.4 Å². The van der Waals surface area contributed by atoms with Crippen LogP contribution in [0, 0.1) is 6.92 Å². The van der Waals surface area contributed by atoms with Crippen molar-refractivity contribution in [3.05, 3.63) is 89.5 Å². The number of aryl methyl sites for hydroxylation is 1.